The lowest BCUT2D eigenvalue weighted by molar-refractivity contribution is 1.18. The highest BCUT2D eigenvalue weighted by atomic mass is 35.5. The van der Waals surface area contributed by atoms with Crippen molar-refractivity contribution in [3.8, 4) is 0 Å². The fourth-order valence-corrected chi connectivity index (χ4v) is 4.37. The van der Waals surface area contributed by atoms with Crippen LogP contribution in [0.3, 0.4) is 0 Å². The molecule has 0 saturated heterocycles. The molecule has 2 aromatic carbocycles. The van der Waals surface area contributed by atoms with E-state index in [9.17, 15) is 0 Å². The maximum absolute atomic E-state index is 6.21. The third-order valence-corrected chi connectivity index (χ3v) is 5.87. The van der Waals surface area contributed by atoms with Crippen molar-refractivity contribution in [2.24, 2.45) is 4.99 Å². The summed E-state index contributed by atoms with van der Waals surface area (Å²) < 4.78 is 1.17. The fourth-order valence-electron chi connectivity index (χ4n) is 2.05. The minimum absolute atomic E-state index is 0.720. The first kappa shape index (κ1) is 15.3. The summed E-state index contributed by atoms with van der Waals surface area (Å²) in [6.45, 7) is 0.943. The van der Waals surface area contributed by atoms with E-state index < -0.39 is 0 Å². The molecule has 0 N–H and O–H groups in total. The number of hydrogen-bond donors (Lipinski definition) is 0. The van der Waals surface area contributed by atoms with Gasteiger partial charge >= 0.3 is 0 Å². The van der Waals surface area contributed by atoms with Crippen LogP contribution < -0.4 is 0 Å². The lowest BCUT2D eigenvalue weighted by atomic mass is 10.1. The lowest BCUT2D eigenvalue weighted by Crippen LogP contribution is -1.90. The van der Waals surface area contributed by atoms with Gasteiger partial charge in [-0.1, -0.05) is 58.9 Å². The van der Waals surface area contributed by atoms with Gasteiger partial charge in [0.25, 0.3) is 0 Å². The van der Waals surface area contributed by atoms with E-state index in [1.165, 1.54) is 14.8 Å². The van der Waals surface area contributed by atoms with Gasteiger partial charge in [0.05, 0.1) is 6.54 Å². The molecule has 0 aliphatic carbocycles. The van der Waals surface area contributed by atoms with Crippen LogP contribution in [-0.4, -0.2) is 16.7 Å². The zero-order valence-electron chi connectivity index (χ0n) is 11.2. The minimum Gasteiger partial charge on any atom is -0.271 e. The Morgan fingerprint density at radius 1 is 1.10 bits per heavy atom. The Morgan fingerprint density at radius 2 is 1.90 bits per heavy atom. The molecular formula is C16H13Cl2NS2. The van der Waals surface area contributed by atoms with Crippen LogP contribution >= 0.6 is 46.7 Å². The number of rotatable bonds is 3. The highest BCUT2D eigenvalue weighted by molar-refractivity contribution is 8.39. The third kappa shape index (κ3) is 4.19. The van der Waals surface area contributed by atoms with Gasteiger partial charge in [-0.3, -0.25) is 4.99 Å². The fraction of sp³-hybridized carbons (Fsp3) is 0.188. The van der Waals surface area contributed by atoms with Crippen LogP contribution in [0.25, 0.3) is 0 Å². The summed E-state index contributed by atoms with van der Waals surface area (Å²) >= 11 is 15.8. The van der Waals surface area contributed by atoms with Crippen molar-refractivity contribution in [1.82, 2.24) is 0 Å². The monoisotopic (exact) mass is 353 g/mol. The molecule has 2 aromatic rings. The number of hydrogen-bond acceptors (Lipinski definition) is 3. The summed E-state index contributed by atoms with van der Waals surface area (Å²) in [7, 11) is 0. The molecule has 108 valence electrons. The molecule has 0 amide bonds. The first-order valence-electron chi connectivity index (χ1n) is 6.59. The smallest absolute Gasteiger partial charge is 0.129 e. The molecule has 0 unspecified atom stereocenters. The zero-order chi connectivity index (χ0) is 14.7. The van der Waals surface area contributed by atoms with Crippen LogP contribution in [-0.2, 0) is 6.42 Å². The second-order valence-corrected chi connectivity index (χ2v) is 7.90. The van der Waals surface area contributed by atoms with Gasteiger partial charge in [-0.05, 0) is 47.9 Å². The predicted molar refractivity (Wildman–Crippen MR) is 96.3 cm³/mol. The predicted octanol–water partition coefficient (Wildman–Crippen LogP) is 5.78. The summed E-state index contributed by atoms with van der Waals surface area (Å²) in [6, 6.07) is 14.1. The Hall–Kier alpha value is -0.610. The van der Waals surface area contributed by atoms with Crippen LogP contribution in [0.2, 0.25) is 10.0 Å². The van der Waals surface area contributed by atoms with Crippen molar-refractivity contribution < 1.29 is 0 Å². The lowest BCUT2D eigenvalue weighted by Gasteiger charge is -2.06. The molecule has 1 nitrogen and oxygen atoms in total. The molecule has 0 atom stereocenters. The Balaban J connectivity index is 1.70. The molecule has 21 heavy (non-hydrogen) atoms. The minimum atomic E-state index is 0.720. The zero-order valence-corrected chi connectivity index (χ0v) is 14.3. The average Bonchev–Trinajstić information content (AvgIpc) is 2.98. The summed E-state index contributed by atoms with van der Waals surface area (Å²) in [4.78, 5) is 5.68. The van der Waals surface area contributed by atoms with Crippen molar-refractivity contribution in [2.75, 3.05) is 12.3 Å². The molecule has 0 saturated carbocycles. The second-order valence-electron chi connectivity index (χ2n) is 4.65. The molecule has 1 aliphatic heterocycles. The Morgan fingerprint density at radius 3 is 2.62 bits per heavy atom. The maximum Gasteiger partial charge on any atom is 0.129 e. The van der Waals surface area contributed by atoms with Gasteiger partial charge < -0.3 is 0 Å². The van der Waals surface area contributed by atoms with E-state index in [2.05, 4.69) is 29.3 Å². The van der Waals surface area contributed by atoms with Crippen molar-refractivity contribution in [2.45, 2.75) is 11.3 Å². The van der Waals surface area contributed by atoms with Crippen LogP contribution in [0.15, 0.2) is 52.4 Å². The van der Waals surface area contributed by atoms with E-state index in [0.717, 1.165) is 34.3 Å². The third-order valence-electron chi connectivity index (χ3n) is 3.09. The van der Waals surface area contributed by atoms with Crippen LogP contribution in [0, 0.1) is 0 Å². The van der Waals surface area contributed by atoms with E-state index >= 15 is 0 Å². The van der Waals surface area contributed by atoms with Gasteiger partial charge in [0, 0.05) is 20.7 Å². The van der Waals surface area contributed by atoms with Crippen molar-refractivity contribution in [3.05, 3.63) is 63.6 Å². The molecule has 1 heterocycles. The van der Waals surface area contributed by atoms with Gasteiger partial charge in [0.15, 0.2) is 0 Å². The number of thioether (sulfide) groups is 2. The second kappa shape index (κ2) is 7.10. The summed E-state index contributed by atoms with van der Waals surface area (Å²) in [5.41, 5.74) is 2.28. The topological polar surface area (TPSA) is 12.4 Å². The van der Waals surface area contributed by atoms with E-state index in [0.29, 0.717) is 0 Å². The normalized spacial score (nSPS) is 14.3. The first-order valence-corrected chi connectivity index (χ1v) is 9.14. The molecule has 0 spiro atoms. The van der Waals surface area contributed by atoms with Crippen molar-refractivity contribution in [3.63, 3.8) is 0 Å². The molecule has 0 radical (unpaired) electrons. The van der Waals surface area contributed by atoms with E-state index in [-0.39, 0.29) is 0 Å². The molecular weight excluding hydrogens is 341 g/mol. The van der Waals surface area contributed by atoms with Gasteiger partial charge in [-0.15, -0.1) is 0 Å². The maximum atomic E-state index is 6.21. The molecule has 0 bridgehead atoms. The number of aliphatic imine (C=N–C) groups is 1. The Bertz CT molecular complexity index is 668. The quantitative estimate of drug-likeness (QED) is 0.693. The standard InChI is InChI=1S/C16H13Cl2NS2/c17-13-3-6-15(18)12(10-13)9-11-1-4-14(5-2-11)21-16-19-7-8-20-16/h1-6,10H,7-9H2. The van der Waals surface area contributed by atoms with Crippen LogP contribution in [0.4, 0.5) is 0 Å². The first-order chi connectivity index (χ1) is 10.2. The molecule has 1 aliphatic rings. The number of nitrogens with zero attached hydrogens (tertiary/aromatic N) is 1. The highest BCUT2D eigenvalue weighted by Gasteiger charge is 2.09. The van der Waals surface area contributed by atoms with E-state index in [1.54, 1.807) is 11.8 Å². The Labute approximate surface area is 143 Å². The van der Waals surface area contributed by atoms with Gasteiger partial charge in [0.1, 0.15) is 4.38 Å². The molecule has 0 aromatic heterocycles. The SMILES string of the molecule is Clc1ccc(Cl)c(Cc2ccc(SC3=NCCS3)cc2)c1. The van der Waals surface area contributed by atoms with Crippen molar-refractivity contribution >= 4 is 51.1 Å². The van der Waals surface area contributed by atoms with E-state index in [4.69, 9.17) is 23.2 Å². The van der Waals surface area contributed by atoms with Gasteiger partial charge in [-0.25, -0.2) is 0 Å². The highest BCUT2D eigenvalue weighted by Crippen LogP contribution is 2.30. The molecule has 5 heteroatoms. The Kier molecular flexibility index (Phi) is 5.17. The molecule has 0 fully saturated rings. The van der Waals surface area contributed by atoms with Crippen LogP contribution in [0.1, 0.15) is 11.1 Å². The number of benzene rings is 2. The summed E-state index contributed by atoms with van der Waals surface area (Å²) in [5.74, 6) is 1.10. The summed E-state index contributed by atoms with van der Waals surface area (Å²) in [5, 5.41) is 1.48. The van der Waals surface area contributed by atoms with Gasteiger partial charge in [0.2, 0.25) is 0 Å². The van der Waals surface area contributed by atoms with Gasteiger partial charge in [-0.2, -0.15) is 0 Å². The largest absolute Gasteiger partial charge is 0.271 e. The molecule has 3 rings (SSSR count). The van der Waals surface area contributed by atoms with E-state index in [1.807, 2.05) is 30.0 Å². The average molecular weight is 354 g/mol. The van der Waals surface area contributed by atoms with Crippen LogP contribution in [0.5, 0.6) is 0 Å². The van der Waals surface area contributed by atoms with Crippen molar-refractivity contribution in [1.29, 1.82) is 0 Å². The number of halogens is 2. The summed E-state index contributed by atoms with van der Waals surface area (Å²) in [6.07, 6.45) is 0.792.